The van der Waals surface area contributed by atoms with Crippen molar-refractivity contribution in [1.82, 2.24) is 9.55 Å². The highest BCUT2D eigenvalue weighted by Gasteiger charge is 2.15. The van der Waals surface area contributed by atoms with Gasteiger partial charge in [-0.2, -0.15) is 0 Å². The van der Waals surface area contributed by atoms with E-state index in [-0.39, 0.29) is 0 Å². The van der Waals surface area contributed by atoms with Crippen molar-refractivity contribution in [2.45, 2.75) is 13.6 Å². The molecule has 0 radical (unpaired) electrons. The fourth-order valence-corrected chi connectivity index (χ4v) is 1.85. The summed E-state index contributed by atoms with van der Waals surface area (Å²) in [7, 11) is 0. The van der Waals surface area contributed by atoms with E-state index >= 15 is 0 Å². The van der Waals surface area contributed by atoms with Crippen molar-refractivity contribution < 1.29 is 0 Å². The number of nitrogens with one attached hydrogen (secondary N) is 1. The summed E-state index contributed by atoms with van der Waals surface area (Å²) in [6.45, 7) is 2.91. The van der Waals surface area contributed by atoms with Crippen LogP contribution in [-0.4, -0.2) is 9.55 Å². The van der Waals surface area contributed by atoms with E-state index in [0.717, 1.165) is 12.5 Å². The minimum atomic E-state index is 0.811. The van der Waals surface area contributed by atoms with Crippen LogP contribution in [0.25, 0.3) is 11.4 Å². The molecule has 0 saturated heterocycles. The molecule has 3 nitrogen and oxygen atoms in total. The van der Waals surface area contributed by atoms with Crippen LogP contribution in [0.4, 0.5) is 5.69 Å². The Morgan fingerprint density at radius 2 is 2.36 bits per heavy atom. The topological polar surface area (TPSA) is 29.9 Å². The van der Waals surface area contributed by atoms with Crippen LogP contribution in [-0.2, 0) is 6.67 Å². The molecule has 1 N–H and O–H groups in total. The number of rotatable bonds is 0. The highest BCUT2D eigenvalue weighted by atomic mass is 15.2. The molecular weight excluding hydrogens is 174 g/mol. The molecule has 0 amide bonds. The molecule has 1 aliphatic rings. The Hall–Kier alpha value is -1.77. The van der Waals surface area contributed by atoms with Crippen molar-refractivity contribution >= 4 is 5.69 Å². The molecule has 1 aromatic heterocycles. The average molecular weight is 185 g/mol. The smallest absolute Gasteiger partial charge is 0.143 e. The van der Waals surface area contributed by atoms with Gasteiger partial charge >= 0.3 is 0 Å². The third kappa shape index (κ3) is 0.954. The number of hydrogen-bond acceptors (Lipinski definition) is 2. The third-order valence-electron chi connectivity index (χ3n) is 2.57. The molecule has 0 spiro atoms. The second-order valence-corrected chi connectivity index (χ2v) is 3.60. The van der Waals surface area contributed by atoms with Gasteiger partial charge in [-0.3, -0.25) is 0 Å². The summed E-state index contributed by atoms with van der Waals surface area (Å²) in [6, 6.07) is 6.40. The average Bonchev–Trinajstić information content (AvgIpc) is 2.65. The van der Waals surface area contributed by atoms with Crippen molar-refractivity contribution in [3.8, 4) is 11.4 Å². The van der Waals surface area contributed by atoms with Gasteiger partial charge in [-0.15, -0.1) is 0 Å². The monoisotopic (exact) mass is 185 g/mol. The van der Waals surface area contributed by atoms with E-state index in [1.807, 2.05) is 12.4 Å². The molecular formula is C11H11N3. The van der Waals surface area contributed by atoms with Crippen LogP contribution in [0, 0.1) is 6.92 Å². The molecule has 3 heteroatoms. The van der Waals surface area contributed by atoms with Crippen LogP contribution in [0.5, 0.6) is 0 Å². The molecule has 3 rings (SSSR count). The summed E-state index contributed by atoms with van der Waals surface area (Å²) in [6.07, 6.45) is 3.84. The van der Waals surface area contributed by atoms with E-state index in [1.165, 1.54) is 16.8 Å². The van der Waals surface area contributed by atoms with E-state index in [4.69, 9.17) is 0 Å². The van der Waals surface area contributed by atoms with E-state index in [1.54, 1.807) is 0 Å². The Bertz CT molecular complexity index is 485. The van der Waals surface area contributed by atoms with Gasteiger partial charge in [-0.25, -0.2) is 4.98 Å². The number of fused-ring (bicyclic) bond motifs is 3. The lowest BCUT2D eigenvalue weighted by Crippen LogP contribution is -2.14. The first-order valence-corrected chi connectivity index (χ1v) is 4.70. The first kappa shape index (κ1) is 7.62. The van der Waals surface area contributed by atoms with Crippen molar-refractivity contribution in [3.05, 3.63) is 36.2 Å². The van der Waals surface area contributed by atoms with E-state index in [0.29, 0.717) is 0 Å². The fourth-order valence-electron chi connectivity index (χ4n) is 1.85. The summed E-state index contributed by atoms with van der Waals surface area (Å²) < 4.78 is 2.11. The predicted octanol–water partition coefficient (Wildman–Crippen LogP) is 2.24. The Labute approximate surface area is 82.4 Å². The number of imidazole rings is 1. The number of anilines is 1. The van der Waals surface area contributed by atoms with Gasteiger partial charge in [-0.1, -0.05) is 11.6 Å². The van der Waals surface area contributed by atoms with Gasteiger partial charge in [0.1, 0.15) is 5.82 Å². The van der Waals surface area contributed by atoms with Crippen LogP contribution >= 0.6 is 0 Å². The van der Waals surface area contributed by atoms with Gasteiger partial charge in [-0.05, 0) is 19.1 Å². The van der Waals surface area contributed by atoms with Gasteiger partial charge in [0.05, 0.1) is 6.67 Å². The van der Waals surface area contributed by atoms with Crippen molar-refractivity contribution in [3.63, 3.8) is 0 Å². The van der Waals surface area contributed by atoms with Crippen molar-refractivity contribution in [2.75, 3.05) is 5.32 Å². The minimum absolute atomic E-state index is 0.811. The molecule has 0 fully saturated rings. The van der Waals surface area contributed by atoms with Gasteiger partial charge in [0.25, 0.3) is 0 Å². The standard InChI is InChI=1S/C11H11N3/c1-8-2-3-10-9(6-8)11-12-4-5-14(11)7-13-10/h2-6,13H,7H2,1H3. The second-order valence-electron chi connectivity index (χ2n) is 3.60. The van der Waals surface area contributed by atoms with Crippen LogP contribution in [0.3, 0.4) is 0 Å². The number of aryl methyl sites for hydroxylation is 1. The maximum atomic E-state index is 4.36. The summed E-state index contributed by atoms with van der Waals surface area (Å²) >= 11 is 0. The normalized spacial score (nSPS) is 12.9. The van der Waals surface area contributed by atoms with Gasteiger partial charge in [0, 0.05) is 23.6 Å². The highest BCUT2D eigenvalue weighted by molar-refractivity contribution is 5.76. The molecule has 0 unspecified atom stereocenters. The third-order valence-corrected chi connectivity index (χ3v) is 2.57. The second kappa shape index (κ2) is 2.61. The largest absolute Gasteiger partial charge is 0.367 e. The number of benzene rings is 1. The Kier molecular flexibility index (Phi) is 1.42. The van der Waals surface area contributed by atoms with Crippen LogP contribution in [0.2, 0.25) is 0 Å². The van der Waals surface area contributed by atoms with Crippen molar-refractivity contribution in [2.24, 2.45) is 0 Å². The highest BCUT2D eigenvalue weighted by Crippen LogP contribution is 2.31. The summed E-state index contributed by atoms with van der Waals surface area (Å²) in [5.41, 5.74) is 3.64. The van der Waals surface area contributed by atoms with Crippen LogP contribution in [0.1, 0.15) is 5.56 Å². The van der Waals surface area contributed by atoms with Crippen molar-refractivity contribution in [1.29, 1.82) is 0 Å². The lowest BCUT2D eigenvalue weighted by molar-refractivity contribution is 0.769. The molecule has 70 valence electrons. The van der Waals surface area contributed by atoms with Gasteiger partial charge in [0.15, 0.2) is 0 Å². The Balaban J connectivity index is 2.28. The molecule has 0 aliphatic carbocycles. The lowest BCUT2D eigenvalue weighted by Gasteiger charge is -2.20. The maximum Gasteiger partial charge on any atom is 0.143 e. The number of hydrogen-bond donors (Lipinski definition) is 1. The quantitative estimate of drug-likeness (QED) is 0.682. The SMILES string of the molecule is Cc1ccc2c(c1)-c1nccn1CN2. The van der Waals surface area contributed by atoms with Crippen LogP contribution < -0.4 is 5.32 Å². The number of aromatic nitrogens is 2. The maximum absolute atomic E-state index is 4.36. The summed E-state index contributed by atoms with van der Waals surface area (Å²) in [4.78, 5) is 4.36. The van der Waals surface area contributed by atoms with Crippen LogP contribution in [0.15, 0.2) is 30.6 Å². The minimum Gasteiger partial charge on any atom is -0.367 e. The Morgan fingerprint density at radius 1 is 1.43 bits per heavy atom. The molecule has 1 aromatic carbocycles. The van der Waals surface area contributed by atoms with E-state index < -0.39 is 0 Å². The first-order chi connectivity index (χ1) is 6.84. The lowest BCUT2D eigenvalue weighted by atomic mass is 10.1. The molecule has 14 heavy (non-hydrogen) atoms. The molecule has 2 aromatic rings. The summed E-state index contributed by atoms with van der Waals surface area (Å²) in [5.74, 6) is 1.06. The molecule has 0 saturated carbocycles. The predicted molar refractivity (Wildman–Crippen MR) is 56.0 cm³/mol. The van der Waals surface area contributed by atoms with E-state index in [9.17, 15) is 0 Å². The Morgan fingerprint density at radius 3 is 3.29 bits per heavy atom. The van der Waals surface area contributed by atoms with Gasteiger partial charge in [0.2, 0.25) is 0 Å². The van der Waals surface area contributed by atoms with Gasteiger partial charge < -0.3 is 9.88 Å². The zero-order valence-corrected chi connectivity index (χ0v) is 7.99. The fraction of sp³-hybridized carbons (Fsp3) is 0.182. The van der Waals surface area contributed by atoms with E-state index in [2.05, 4.69) is 40.0 Å². The first-order valence-electron chi connectivity index (χ1n) is 4.70. The number of nitrogens with zero attached hydrogens (tertiary/aromatic N) is 2. The molecule has 0 bridgehead atoms. The zero-order valence-electron chi connectivity index (χ0n) is 7.99. The zero-order chi connectivity index (χ0) is 9.54. The molecule has 1 aliphatic heterocycles. The molecule has 2 heterocycles. The molecule has 0 atom stereocenters. The summed E-state index contributed by atoms with van der Waals surface area (Å²) in [5, 5.41) is 3.36.